The summed E-state index contributed by atoms with van der Waals surface area (Å²) in [7, 11) is 0. The maximum absolute atomic E-state index is 14.7. The molecule has 2 aromatic heterocycles. The van der Waals surface area contributed by atoms with E-state index in [1.54, 1.807) is 22.8 Å². The Bertz CT molecular complexity index is 3410. The molecule has 0 aliphatic carbocycles. The zero-order valence-corrected chi connectivity index (χ0v) is 53.3. The van der Waals surface area contributed by atoms with Crippen molar-refractivity contribution in [3.8, 4) is 39.1 Å². The van der Waals surface area contributed by atoms with E-state index in [2.05, 4.69) is 42.7 Å². The van der Waals surface area contributed by atoms with E-state index in [0.29, 0.717) is 37.6 Å². The first-order valence-electron chi connectivity index (χ1n) is 28.5. The number of hydrogen-bond donors (Lipinski definition) is 15. The van der Waals surface area contributed by atoms with E-state index < -0.39 is 188 Å². The van der Waals surface area contributed by atoms with Gasteiger partial charge in [-0.25, -0.2) is 9.50 Å². The second-order valence-corrected chi connectivity index (χ2v) is 23.4. The Balaban J connectivity index is 0.0000120. The summed E-state index contributed by atoms with van der Waals surface area (Å²) in [5, 5.41) is 132. The molecule has 36 heteroatoms. The van der Waals surface area contributed by atoms with Crippen molar-refractivity contribution in [2.24, 2.45) is 11.7 Å². The smallest absolute Gasteiger partial charge is 0.691 e. The summed E-state index contributed by atoms with van der Waals surface area (Å²) < 4.78 is 16.4. The summed E-state index contributed by atoms with van der Waals surface area (Å²) in [6.45, 7) is 3.86. The van der Waals surface area contributed by atoms with Gasteiger partial charge in [0.05, 0.1) is 49.3 Å². The number of phenolic OH excluding ortho intramolecular Hbond substituents is 1. The average molecular weight is 1330 g/mol. The van der Waals surface area contributed by atoms with Gasteiger partial charge in [-0.3, -0.25) is 43.4 Å². The Morgan fingerprint density at radius 2 is 1.50 bits per heavy atom. The van der Waals surface area contributed by atoms with Crippen LogP contribution in [0.4, 0.5) is 0 Å². The average Bonchev–Trinajstić information content (AvgIpc) is 1.63. The molecule has 8 rings (SSSR count). The fourth-order valence-corrected chi connectivity index (χ4v) is 11.6. The molecular weight excluding hydrogens is 1270 g/mol. The quantitative estimate of drug-likeness (QED) is 0.0120. The molecule has 3 aliphatic rings. The number of fused-ring (bicyclic) bond motifs is 3. The summed E-state index contributed by atoms with van der Waals surface area (Å²) in [5.74, 6) is -12.1. The van der Waals surface area contributed by atoms with Crippen LogP contribution in [0.1, 0.15) is 74.9 Å². The second-order valence-electron chi connectivity index (χ2n) is 22.0. The van der Waals surface area contributed by atoms with Gasteiger partial charge in [-0.1, -0.05) is 49.8 Å². The van der Waals surface area contributed by atoms with Crippen LogP contribution in [-0.4, -0.2) is 216 Å². The molecule has 492 valence electrons. The number of imidazole rings is 1. The van der Waals surface area contributed by atoms with Crippen LogP contribution >= 0.6 is 23.7 Å². The van der Waals surface area contributed by atoms with Crippen molar-refractivity contribution in [3.05, 3.63) is 84.1 Å². The standard InChI is InChI=1S/C56H69N11O22S2.Na/c1-4-5-16-86-31-13-10-28(11-14-31)53-64-67-23-33(59-56(67)90-53)26-6-8-27(9-7-26)47(77)58-32-19-37(72)50(80)63-52(82)43-44(74)24(2)21-66(43)55(84)41(36(71)20-39(57)73)61-51(81)42(46(76)45(75)29-12-15-35(70)38(17-29)87-91-89-88-85)62-49(79)34-18-30(69)22-65(34)54(83)40(25(3)68)60-48(32)78;/h6-15,17,23-25,30,32,34,36-37,40-46,50,68-72,74-76,80,85H,4-5,16,18-22H2,1-3H3,(H2,57,73)(H,58,77)(H,60,78)(H,61,81)(H,62,79)(H,63,82);/q;+1/p-1. The van der Waals surface area contributed by atoms with Gasteiger partial charge in [0.2, 0.25) is 46.3 Å². The Labute approximate surface area is 553 Å². The van der Waals surface area contributed by atoms with Crippen LogP contribution in [0.15, 0.2) is 72.9 Å². The number of benzene rings is 3. The van der Waals surface area contributed by atoms with Crippen molar-refractivity contribution in [2.75, 3.05) is 19.7 Å². The molecule has 15 unspecified atom stereocenters. The van der Waals surface area contributed by atoms with Crippen LogP contribution in [0, 0.1) is 5.92 Å². The number of aliphatic hydroxyl groups is 8. The molecule has 15 atom stereocenters. The van der Waals surface area contributed by atoms with E-state index in [-0.39, 0.29) is 47.4 Å². The van der Waals surface area contributed by atoms with E-state index in [9.17, 15) is 89.6 Å². The maximum Gasteiger partial charge on any atom is 1.00 e. The summed E-state index contributed by atoms with van der Waals surface area (Å²) in [5.41, 5.74) is 6.76. The van der Waals surface area contributed by atoms with Crippen LogP contribution in [0.5, 0.6) is 17.2 Å². The Morgan fingerprint density at radius 3 is 2.15 bits per heavy atom. The molecule has 5 aromatic rings. The number of nitrogens with zero attached hydrogens (tertiary/aromatic N) is 5. The van der Waals surface area contributed by atoms with Crippen LogP contribution in [0.2, 0.25) is 0 Å². The summed E-state index contributed by atoms with van der Waals surface area (Å²) >= 11 is 1.23. The normalized spacial score (nSPS) is 25.8. The number of nitrogens with one attached hydrogen (secondary N) is 5. The summed E-state index contributed by atoms with van der Waals surface area (Å²) in [6.07, 6.45) is -16.1. The third kappa shape index (κ3) is 17.2. The molecule has 16 N–H and O–H groups in total. The number of carbonyl (C=O) groups is 8. The number of hydrogen-bond acceptors (Lipinski definition) is 26. The monoisotopic (exact) mass is 1330 g/mol. The molecule has 3 aliphatic heterocycles. The van der Waals surface area contributed by atoms with E-state index in [4.69, 9.17) is 19.6 Å². The number of primary amides is 1. The van der Waals surface area contributed by atoms with Crippen molar-refractivity contribution in [2.45, 2.75) is 138 Å². The topological polar surface area (TPSA) is 501 Å². The molecule has 92 heavy (non-hydrogen) atoms. The van der Waals surface area contributed by atoms with Crippen LogP contribution in [-0.2, 0) is 42.9 Å². The van der Waals surface area contributed by atoms with Gasteiger partial charge in [-0.05, 0) is 67.4 Å². The van der Waals surface area contributed by atoms with E-state index in [1.807, 2.05) is 29.6 Å². The molecule has 0 radical (unpaired) electrons. The van der Waals surface area contributed by atoms with E-state index in [0.717, 1.165) is 49.3 Å². The molecule has 5 heterocycles. The first kappa shape index (κ1) is 72.3. The number of amides is 8. The van der Waals surface area contributed by atoms with Crippen molar-refractivity contribution in [3.63, 3.8) is 0 Å². The van der Waals surface area contributed by atoms with Gasteiger partial charge in [0.15, 0.2) is 17.7 Å². The van der Waals surface area contributed by atoms with Gasteiger partial charge < -0.3 is 102 Å². The zero-order valence-electron chi connectivity index (χ0n) is 49.7. The van der Waals surface area contributed by atoms with Gasteiger partial charge in [-0.15, -0.1) is 4.33 Å². The molecule has 33 nitrogen and oxygen atoms in total. The number of aliphatic hydroxyl groups excluding tert-OH is 8. The van der Waals surface area contributed by atoms with Gasteiger partial charge in [-0.2, -0.15) is 5.10 Å². The number of ether oxygens (including phenoxy) is 1. The second kappa shape index (κ2) is 32.1. The number of phenols is 1. The van der Waals surface area contributed by atoms with Crippen molar-refractivity contribution in [1.82, 2.24) is 51.0 Å². The number of aromatic hydroxyl groups is 1. The van der Waals surface area contributed by atoms with Gasteiger partial charge in [0.1, 0.15) is 65.3 Å². The molecule has 0 saturated carbocycles. The Hall–Kier alpha value is -7.17. The van der Waals surface area contributed by atoms with Crippen molar-refractivity contribution < 1.29 is 137 Å². The van der Waals surface area contributed by atoms with Gasteiger partial charge in [0.25, 0.3) is 18.2 Å². The van der Waals surface area contributed by atoms with Gasteiger partial charge >= 0.3 is 29.6 Å². The molecule has 0 spiro atoms. The Morgan fingerprint density at radius 1 is 0.837 bits per heavy atom. The first-order valence-corrected chi connectivity index (χ1v) is 30.0. The predicted octanol–water partition coefficient (Wildman–Crippen LogP) is -7.19. The third-order valence-electron chi connectivity index (χ3n) is 15.4. The maximum atomic E-state index is 14.7. The first-order chi connectivity index (χ1) is 43.3. The minimum Gasteiger partial charge on any atom is -0.691 e. The molecule has 8 amide bonds. The van der Waals surface area contributed by atoms with Crippen molar-refractivity contribution in [1.29, 1.82) is 0 Å². The minimum absolute atomic E-state index is 0. The number of rotatable bonds is 19. The summed E-state index contributed by atoms with van der Waals surface area (Å²) in [6, 6.07) is 3.27. The van der Waals surface area contributed by atoms with E-state index >= 15 is 0 Å². The SMILES string of the molecule is CCCCOc1ccc(-c2nn3cc(-c4ccc(C(=O)NC5CC(O)C(O)NC(=O)C6C(O)C(C)CN6C(=O)C(C(O)CC(N)=O)NC(=O)C(C(O)C(O)c6ccc(O)c(OSOO[O-])c6)NC(=O)C6CC(O)CN6C(=O)C(C(C)O)NC5=O)cc4)nc3s2)cc1.[Na+]. The fourth-order valence-electron chi connectivity index (χ4n) is 10.5. The number of carbonyl (C=O) groups excluding carboxylic acids is 8. The zero-order chi connectivity index (χ0) is 66.1. The molecule has 3 saturated heterocycles. The third-order valence-corrected chi connectivity index (χ3v) is 16.7. The number of aromatic nitrogens is 3. The number of nitrogens with two attached hydrogens (primary N) is 1. The molecule has 0 bridgehead atoms. The van der Waals surface area contributed by atoms with E-state index in [1.165, 1.54) is 30.4 Å². The molecule has 3 fully saturated rings. The molecule has 3 aromatic carbocycles. The Kier molecular flexibility index (Phi) is 25.2. The van der Waals surface area contributed by atoms with Crippen LogP contribution in [0.3, 0.4) is 0 Å². The number of unbranched alkanes of at least 4 members (excludes halogenated alkanes) is 1. The van der Waals surface area contributed by atoms with Crippen molar-refractivity contribution >= 4 is 75.9 Å². The van der Waals surface area contributed by atoms with Gasteiger partial charge in [0, 0.05) is 48.5 Å². The largest absolute Gasteiger partial charge is 1.00 e. The predicted molar refractivity (Wildman–Crippen MR) is 312 cm³/mol. The van der Waals surface area contributed by atoms with Crippen LogP contribution in [0.25, 0.3) is 26.8 Å². The van der Waals surface area contributed by atoms with Crippen LogP contribution < -0.4 is 76.1 Å². The molecular formula is C56H68N11NaO22S2. The summed E-state index contributed by atoms with van der Waals surface area (Å²) in [4.78, 5) is 120. The minimum atomic E-state index is -2.57. The fraction of sp³-hybridized carbons (Fsp3) is 0.464.